The summed E-state index contributed by atoms with van der Waals surface area (Å²) in [5.74, 6) is 0.0624. The highest BCUT2D eigenvalue weighted by Crippen LogP contribution is 2.21. The second-order valence-electron chi connectivity index (χ2n) is 4.95. The number of hydrogen-bond acceptors (Lipinski definition) is 3. The molecule has 102 valence electrons. The zero-order chi connectivity index (χ0) is 13.8. The summed E-state index contributed by atoms with van der Waals surface area (Å²) in [6.07, 6.45) is 0.886. The molecule has 0 amide bonds. The molecule has 1 aromatic carbocycles. The molecule has 0 fully saturated rings. The van der Waals surface area contributed by atoms with Crippen molar-refractivity contribution in [3.63, 3.8) is 0 Å². The van der Waals surface area contributed by atoms with Gasteiger partial charge in [-0.05, 0) is 12.5 Å². The third-order valence-corrected chi connectivity index (χ3v) is 3.13. The molecule has 0 spiro atoms. The van der Waals surface area contributed by atoms with Gasteiger partial charge < -0.3 is 4.74 Å². The fourth-order valence-electron chi connectivity index (χ4n) is 2.11. The lowest BCUT2D eigenvalue weighted by Crippen LogP contribution is -2.10. The molecule has 0 aliphatic carbocycles. The Morgan fingerprint density at radius 1 is 1.37 bits per heavy atom. The first-order chi connectivity index (χ1) is 9.15. The van der Waals surface area contributed by atoms with E-state index in [0.29, 0.717) is 12.3 Å². The minimum absolute atomic E-state index is 0.0364. The van der Waals surface area contributed by atoms with Crippen LogP contribution in [0.4, 0.5) is 0 Å². The molecule has 0 atom stereocenters. The van der Waals surface area contributed by atoms with Gasteiger partial charge in [0.25, 0.3) is 0 Å². The maximum absolute atomic E-state index is 12.2. The maximum atomic E-state index is 12.2. The number of para-hydroxylation sites is 1. The summed E-state index contributed by atoms with van der Waals surface area (Å²) in [4.78, 5) is 12.2. The lowest BCUT2D eigenvalue weighted by molar-refractivity contribution is 0.0935. The molecule has 2 aromatic rings. The maximum Gasteiger partial charge on any atom is 0.186 e. The van der Waals surface area contributed by atoms with Crippen LogP contribution in [0.5, 0.6) is 0 Å². The third kappa shape index (κ3) is 2.84. The van der Waals surface area contributed by atoms with Gasteiger partial charge in [0, 0.05) is 31.6 Å². The molecular formula is C15H20N2O2. The molecule has 0 aliphatic heterocycles. The quantitative estimate of drug-likeness (QED) is 0.592. The average molecular weight is 260 g/mol. The van der Waals surface area contributed by atoms with Gasteiger partial charge in [0.2, 0.25) is 0 Å². The van der Waals surface area contributed by atoms with E-state index in [1.165, 1.54) is 0 Å². The van der Waals surface area contributed by atoms with Crippen molar-refractivity contribution in [3.8, 4) is 0 Å². The molecule has 0 saturated heterocycles. The normalized spacial score (nSPS) is 11.4. The minimum Gasteiger partial charge on any atom is -0.385 e. The Bertz CT molecular complexity index is 573. The fourth-order valence-corrected chi connectivity index (χ4v) is 2.11. The van der Waals surface area contributed by atoms with Gasteiger partial charge in [-0.1, -0.05) is 32.0 Å². The average Bonchev–Trinajstić information content (AvgIpc) is 2.77. The van der Waals surface area contributed by atoms with E-state index in [0.717, 1.165) is 23.9 Å². The summed E-state index contributed by atoms with van der Waals surface area (Å²) in [6, 6.07) is 7.89. The molecular weight excluding hydrogens is 240 g/mol. The van der Waals surface area contributed by atoms with Crippen molar-refractivity contribution in [3.05, 3.63) is 30.0 Å². The number of aryl methyl sites for hydroxylation is 1. The minimum atomic E-state index is -0.0364. The first-order valence-electron chi connectivity index (χ1n) is 6.64. The number of fused-ring (bicyclic) bond motifs is 1. The number of benzene rings is 1. The van der Waals surface area contributed by atoms with Crippen molar-refractivity contribution in [2.75, 3.05) is 13.7 Å². The highest BCUT2D eigenvalue weighted by atomic mass is 16.5. The van der Waals surface area contributed by atoms with Crippen LogP contribution in [0, 0.1) is 5.92 Å². The van der Waals surface area contributed by atoms with Crippen molar-refractivity contribution < 1.29 is 9.53 Å². The Kier molecular flexibility index (Phi) is 4.32. The number of methoxy groups -OCH3 is 1. The Balaban J connectivity index is 2.39. The van der Waals surface area contributed by atoms with Gasteiger partial charge >= 0.3 is 0 Å². The van der Waals surface area contributed by atoms with Crippen LogP contribution < -0.4 is 0 Å². The van der Waals surface area contributed by atoms with Gasteiger partial charge in [-0.25, -0.2) is 0 Å². The zero-order valence-corrected chi connectivity index (χ0v) is 11.7. The van der Waals surface area contributed by atoms with E-state index in [1.54, 1.807) is 7.11 Å². The first kappa shape index (κ1) is 13.7. The third-order valence-electron chi connectivity index (χ3n) is 3.13. The molecule has 2 rings (SSSR count). The Morgan fingerprint density at radius 3 is 2.79 bits per heavy atom. The molecule has 0 bridgehead atoms. The molecule has 0 aliphatic rings. The summed E-state index contributed by atoms with van der Waals surface area (Å²) in [7, 11) is 1.69. The molecule has 0 N–H and O–H groups in total. The predicted molar refractivity (Wildman–Crippen MR) is 75.4 cm³/mol. The number of ether oxygens (including phenoxy) is 1. The van der Waals surface area contributed by atoms with Gasteiger partial charge in [0.15, 0.2) is 5.78 Å². The molecule has 0 unspecified atom stereocenters. The van der Waals surface area contributed by atoms with E-state index in [2.05, 4.69) is 5.10 Å². The predicted octanol–water partition coefficient (Wildman–Crippen LogP) is 2.91. The van der Waals surface area contributed by atoms with Crippen LogP contribution in [0.1, 0.15) is 30.8 Å². The topological polar surface area (TPSA) is 44.1 Å². The van der Waals surface area contributed by atoms with Gasteiger partial charge in [-0.15, -0.1) is 0 Å². The number of ketones is 1. The van der Waals surface area contributed by atoms with E-state index >= 15 is 0 Å². The lowest BCUT2D eigenvalue weighted by Gasteiger charge is -2.02. The largest absolute Gasteiger partial charge is 0.385 e. The first-order valence-corrected chi connectivity index (χ1v) is 6.64. The molecule has 4 nitrogen and oxygen atoms in total. The van der Waals surface area contributed by atoms with Crippen LogP contribution in [-0.2, 0) is 11.3 Å². The smallest absolute Gasteiger partial charge is 0.186 e. The van der Waals surface area contributed by atoms with E-state index < -0.39 is 0 Å². The van der Waals surface area contributed by atoms with Crippen LogP contribution in [0.2, 0.25) is 0 Å². The second-order valence-corrected chi connectivity index (χ2v) is 4.95. The monoisotopic (exact) mass is 260 g/mol. The van der Waals surface area contributed by atoms with E-state index in [-0.39, 0.29) is 11.7 Å². The van der Waals surface area contributed by atoms with Crippen LogP contribution in [0.25, 0.3) is 10.9 Å². The van der Waals surface area contributed by atoms with Gasteiger partial charge in [0.05, 0.1) is 5.52 Å². The number of aromatic nitrogens is 2. The lowest BCUT2D eigenvalue weighted by atomic mass is 10.0. The summed E-state index contributed by atoms with van der Waals surface area (Å²) in [6.45, 7) is 5.27. The molecule has 0 saturated carbocycles. The highest BCUT2D eigenvalue weighted by molar-refractivity contribution is 6.06. The van der Waals surface area contributed by atoms with E-state index in [9.17, 15) is 4.79 Å². The second kappa shape index (κ2) is 5.97. The van der Waals surface area contributed by atoms with Gasteiger partial charge in [-0.2, -0.15) is 5.10 Å². The van der Waals surface area contributed by atoms with Crippen molar-refractivity contribution in [1.29, 1.82) is 0 Å². The molecule has 4 heteroatoms. The number of rotatable bonds is 6. The number of Topliss-reactive ketones (excluding diaryl/α,β-unsaturated/α-hetero) is 1. The molecule has 1 heterocycles. The number of carbonyl (C=O) groups excluding carboxylic acids is 1. The molecule has 0 radical (unpaired) electrons. The van der Waals surface area contributed by atoms with Crippen LogP contribution >= 0.6 is 0 Å². The Hall–Kier alpha value is -1.68. The van der Waals surface area contributed by atoms with Crippen molar-refractivity contribution in [2.45, 2.75) is 26.8 Å². The van der Waals surface area contributed by atoms with Crippen molar-refractivity contribution in [1.82, 2.24) is 9.78 Å². The van der Waals surface area contributed by atoms with Crippen LogP contribution in [0.3, 0.4) is 0 Å². The van der Waals surface area contributed by atoms with Crippen molar-refractivity contribution in [2.24, 2.45) is 5.92 Å². The fraction of sp³-hybridized carbons (Fsp3) is 0.467. The summed E-state index contributed by atoms with van der Waals surface area (Å²) in [5.41, 5.74) is 1.60. The SMILES string of the molecule is COCCCn1nc(C(=O)C(C)C)c2ccccc21. The zero-order valence-electron chi connectivity index (χ0n) is 11.7. The Morgan fingerprint density at radius 2 is 2.11 bits per heavy atom. The summed E-state index contributed by atoms with van der Waals surface area (Å²) >= 11 is 0. The summed E-state index contributed by atoms with van der Waals surface area (Å²) < 4.78 is 6.97. The standard InChI is InChI=1S/C15H20N2O2/c1-11(2)15(18)14-12-7-4-5-8-13(12)17(16-14)9-6-10-19-3/h4-5,7-8,11H,6,9-10H2,1-3H3. The number of carbonyl (C=O) groups is 1. The number of nitrogens with zero attached hydrogens (tertiary/aromatic N) is 2. The van der Waals surface area contributed by atoms with E-state index in [4.69, 9.17) is 4.74 Å². The number of hydrogen-bond donors (Lipinski definition) is 0. The Labute approximate surface area is 113 Å². The molecule has 19 heavy (non-hydrogen) atoms. The van der Waals surface area contributed by atoms with Crippen molar-refractivity contribution >= 4 is 16.7 Å². The van der Waals surface area contributed by atoms with Gasteiger partial charge in [0.1, 0.15) is 5.69 Å². The van der Waals surface area contributed by atoms with E-state index in [1.807, 2.05) is 42.8 Å². The van der Waals surface area contributed by atoms with Crippen LogP contribution in [0.15, 0.2) is 24.3 Å². The molecule has 1 aromatic heterocycles. The summed E-state index contributed by atoms with van der Waals surface area (Å²) in [5, 5.41) is 5.44. The van der Waals surface area contributed by atoms with Gasteiger partial charge in [-0.3, -0.25) is 9.48 Å². The van der Waals surface area contributed by atoms with Crippen LogP contribution in [-0.4, -0.2) is 29.3 Å². The highest BCUT2D eigenvalue weighted by Gasteiger charge is 2.19.